The Morgan fingerprint density at radius 3 is 2.21 bits per heavy atom. The average molecular weight is 385 g/mol. The molecule has 0 aliphatic heterocycles. The second kappa shape index (κ2) is 7.28. The van der Waals surface area contributed by atoms with E-state index in [9.17, 15) is 15.0 Å². The van der Waals surface area contributed by atoms with Crippen molar-refractivity contribution in [2.75, 3.05) is 0 Å². The zero-order valence-electron chi connectivity index (χ0n) is 15.7. The smallest absolute Gasteiger partial charge is 0.328 e. The first kappa shape index (κ1) is 18.5. The zero-order valence-corrected chi connectivity index (χ0v) is 15.7. The van der Waals surface area contributed by atoms with E-state index in [1.54, 1.807) is 12.1 Å². The number of hydrogen-bond donors (Lipinski definition) is 3. The van der Waals surface area contributed by atoms with Crippen LogP contribution in [-0.4, -0.2) is 33.5 Å². The molecule has 0 amide bonds. The standard InChI is InChI=1S/C24H19NO4/c1-14(24(28)29)25-13-17-12-16-7-3-5-9-19(16)22(23(17)27)21-18-8-4-2-6-15(18)10-11-20(21)26/h2-14,26-27H,1H3,(H,28,29)/t14-/m0/s1. The van der Waals surface area contributed by atoms with E-state index in [0.717, 1.165) is 21.5 Å². The van der Waals surface area contributed by atoms with Crippen molar-refractivity contribution >= 4 is 33.7 Å². The number of phenols is 2. The molecular weight excluding hydrogens is 366 g/mol. The zero-order chi connectivity index (χ0) is 20.5. The van der Waals surface area contributed by atoms with Crippen LogP contribution in [0.4, 0.5) is 0 Å². The topological polar surface area (TPSA) is 90.1 Å². The summed E-state index contributed by atoms with van der Waals surface area (Å²) in [5, 5.41) is 34.3. The van der Waals surface area contributed by atoms with Crippen LogP contribution < -0.4 is 0 Å². The molecule has 0 heterocycles. The van der Waals surface area contributed by atoms with Gasteiger partial charge in [0.25, 0.3) is 0 Å². The molecule has 3 N–H and O–H groups in total. The maximum atomic E-state index is 11.1. The van der Waals surface area contributed by atoms with Crippen molar-refractivity contribution in [2.45, 2.75) is 13.0 Å². The summed E-state index contributed by atoms with van der Waals surface area (Å²) in [5.41, 5.74) is 1.40. The molecule has 0 fully saturated rings. The number of rotatable bonds is 4. The van der Waals surface area contributed by atoms with Gasteiger partial charge >= 0.3 is 5.97 Å². The molecule has 0 radical (unpaired) electrons. The fraction of sp³-hybridized carbons (Fsp3) is 0.0833. The molecule has 0 bridgehead atoms. The first-order valence-corrected chi connectivity index (χ1v) is 9.19. The van der Waals surface area contributed by atoms with E-state index < -0.39 is 12.0 Å². The minimum absolute atomic E-state index is 0.0529. The van der Waals surface area contributed by atoms with Crippen molar-refractivity contribution in [1.82, 2.24) is 0 Å². The summed E-state index contributed by atoms with van der Waals surface area (Å²) in [4.78, 5) is 15.1. The van der Waals surface area contributed by atoms with Crippen LogP contribution in [0.5, 0.6) is 11.5 Å². The number of hydrogen-bond acceptors (Lipinski definition) is 4. The third-order valence-electron chi connectivity index (χ3n) is 5.00. The third kappa shape index (κ3) is 3.27. The fourth-order valence-electron chi connectivity index (χ4n) is 3.49. The summed E-state index contributed by atoms with van der Waals surface area (Å²) < 4.78 is 0. The lowest BCUT2D eigenvalue weighted by atomic mass is 9.90. The van der Waals surface area contributed by atoms with E-state index in [2.05, 4.69) is 4.99 Å². The Morgan fingerprint density at radius 2 is 1.52 bits per heavy atom. The van der Waals surface area contributed by atoms with Gasteiger partial charge in [0, 0.05) is 22.9 Å². The van der Waals surface area contributed by atoms with E-state index in [1.165, 1.54) is 13.1 Å². The molecule has 0 aromatic heterocycles. The highest BCUT2D eigenvalue weighted by Gasteiger charge is 2.19. The number of phenolic OH excluding ortho intramolecular Hbond substituents is 2. The number of benzene rings is 4. The van der Waals surface area contributed by atoms with Crippen LogP contribution in [0, 0.1) is 0 Å². The van der Waals surface area contributed by atoms with Gasteiger partial charge in [-0.1, -0.05) is 54.6 Å². The highest BCUT2D eigenvalue weighted by atomic mass is 16.4. The normalized spacial score (nSPS) is 12.6. The van der Waals surface area contributed by atoms with Crippen LogP contribution in [0.2, 0.25) is 0 Å². The van der Waals surface area contributed by atoms with E-state index >= 15 is 0 Å². The molecule has 4 aromatic rings. The summed E-state index contributed by atoms with van der Waals surface area (Å²) in [6.07, 6.45) is 1.37. The predicted octanol–water partition coefficient (Wildman–Crippen LogP) is 4.96. The molecule has 0 aliphatic rings. The number of nitrogens with zero attached hydrogens (tertiary/aromatic N) is 1. The molecular formula is C24H19NO4. The van der Waals surface area contributed by atoms with Crippen LogP contribution in [0.1, 0.15) is 12.5 Å². The molecule has 0 spiro atoms. The van der Waals surface area contributed by atoms with Gasteiger partial charge in [0.2, 0.25) is 0 Å². The molecule has 144 valence electrons. The van der Waals surface area contributed by atoms with Gasteiger partial charge < -0.3 is 15.3 Å². The Bertz CT molecular complexity index is 1280. The number of carbonyl (C=O) groups is 1. The first-order chi connectivity index (χ1) is 14.0. The molecule has 0 saturated carbocycles. The molecule has 0 aliphatic carbocycles. The third-order valence-corrected chi connectivity index (χ3v) is 5.00. The van der Waals surface area contributed by atoms with E-state index in [1.807, 2.05) is 54.6 Å². The summed E-state index contributed by atoms with van der Waals surface area (Å²) in [6.45, 7) is 1.47. The summed E-state index contributed by atoms with van der Waals surface area (Å²) in [5.74, 6) is -1.05. The first-order valence-electron chi connectivity index (χ1n) is 9.19. The van der Waals surface area contributed by atoms with Gasteiger partial charge in [0.05, 0.1) is 0 Å². The Balaban J connectivity index is 2.06. The second-order valence-corrected chi connectivity index (χ2v) is 6.88. The number of fused-ring (bicyclic) bond motifs is 2. The summed E-state index contributed by atoms with van der Waals surface area (Å²) in [6, 6.07) is 19.4. The summed E-state index contributed by atoms with van der Waals surface area (Å²) in [7, 11) is 0. The predicted molar refractivity (Wildman–Crippen MR) is 115 cm³/mol. The Morgan fingerprint density at radius 1 is 0.897 bits per heavy atom. The molecule has 5 nitrogen and oxygen atoms in total. The number of aromatic hydroxyl groups is 2. The van der Waals surface area contributed by atoms with Crippen molar-refractivity contribution < 1.29 is 20.1 Å². The van der Waals surface area contributed by atoms with Crippen molar-refractivity contribution in [3.63, 3.8) is 0 Å². The van der Waals surface area contributed by atoms with Crippen molar-refractivity contribution in [1.29, 1.82) is 0 Å². The quantitative estimate of drug-likeness (QED) is 0.433. The Kier molecular flexibility index (Phi) is 4.64. The number of aliphatic imine (C=N–C) groups is 1. The van der Waals surface area contributed by atoms with Gasteiger partial charge in [0.15, 0.2) is 0 Å². The second-order valence-electron chi connectivity index (χ2n) is 6.88. The largest absolute Gasteiger partial charge is 0.507 e. The monoisotopic (exact) mass is 385 g/mol. The molecule has 29 heavy (non-hydrogen) atoms. The molecule has 4 aromatic carbocycles. The van der Waals surface area contributed by atoms with Gasteiger partial charge in [-0.2, -0.15) is 0 Å². The molecule has 0 unspecified atom stereocenters. The molecule has 1 atom stereocenters. The van der Waals surface area contributed by atoms with E-state index in [-0.39, 0.29) is 11.5 Å². The van der Waals surface area contributed by atoms with Crippen molar-refractivity contribution in [3.05, 3.63) is 72.3 Å². The number of carboxylic acid groups (broad SMARTS) is 1. The lowest BCUT2D eigenvalue weighted by Gasteiger charge is -2.16. The Labute approximate surface area is 167 Å². The highest BCUT2D eigenvalue weighted by molar-refractivity contribution is 6.12. The van der Waals surface area contributed by atoms with Crippen molar-refractivity contribution in [2.24, 2.45) is 4.99 Å². The SMILES string of the molecule is C[C@H](N=Cc1cc2ccccc2c(-c2c(O)ccc3ccccc23)c1O)C(=O)O. The van der Waals surface area contributed by atoms with Crippen LogP contribution >= 0.6 is 0 Å². The van der Waals surface area contributed by atoms with Gasteiger partial charge in [-0.15, -0.1) is 0 Å². The van der Waals surface area contributed by atoms with Crippen LogP contribution in [-0.2, 0) is 4.79 Å². The van der Waals surface area contributed by atoms with Gasteiger partial charge in [0.1, 0.15) is 17.5 Å². The van der Waals surface area contributed by atoms with Crippen LogP contribution in [0.3, 0.4) is 0 Å². The molecule has 5 heteroatoms. The number of carboxylic acids is 1. The highest BCUT2D eigenvalue weighted by Crippen LogP contribution is 2.45. The molecule has 4 rings (SSSR count). The van der Waals surface area contributed by atoms with Gasteiger partial charge in [-0.3, -0.25) is 4.99 Å². The maximum Gasteiger partial charge on any atom is 0.328 e. The van der Waals surface area contributed by atoms with Crippen LogP contribution in [0.25, 0.3) is 32.7 Å². The van der Waals surface area contributed by atoms with Gasteiger partial charge in [-0.05, 0) is 40.6 Å². The van der Waals surface area contributed by atoms with Gasteiger partial charge in [-0.25, -0.2) is 4.79 Å². The molecule has 0 saturated heterocycles. The maximum absolute atomic E-state index is 11.1. The lowest BCUT2D eigenvalue weighted by molar-refractivity contribution is -0.137. The fourth-order valence-corrected chi connectivity index (χ4v) is 3.49. The Hall–Kier alpha value is -3.86. The minimum atomic E-state index is -1.05. The minimum Gasteiger partial charge on any atom is -0.507 e. The lowest BCUT2D eigenvalue weighted by Crippen LogP contribution is -2.13. The average Bonchev–Trinajstić information content (AvgIpc) is 2.73. The van der Waals surface area contributed by atoms with Crippen LogP contribution in [0.15, 0.2) is 71.7 Å². The van der Waals surface area contributed by atoms with E-state index in [0.29, 0.717) is 16.7 Å². The van der Waals surface area contributed by atoms with E-state index in [4.69, 9.17) is 5.11 Å². The number of aliphatic carboxylic acids is 1. The van der Waals surface area contributed by atoms with Crippen molar-refractivity contribution in [3.8, 4) is 22.6 Å². The summed E-state index contributed by atoms with van der Waals surface area (Å²) >= 11 is 0.